The van der Waals surface area contributed by atoms with Gasteiger partial charge in [-0.05, 0) is 18.6 Å². The van der Waals surface area contributed by atoms with Crippen molar-refractivity contribution >= 4 is 11.6 Å². The number of nitrogens with one attached hydrogen (secondary N) is 1. The van der Waals surface area contributed by atoms with E-state index in [0.717, 1.165) is 23.6 Å². The molecule has 6 heteroatoms. The van der Waals surface area contributed by atoms with Crippen LogP contribution < -0.4 is 11.3 Å². The lowest BCUT2D eigenvalue weighted by Gasteiger charge is -2.13. The van der Waals surface area contributed by atoms with Gasteiger partial charge in [-0.15, -0.1) is 0 Å². The van der Waals surface area contributed by atoms with Crippen LogP contribution in [-0.4, -0.2) is 9.78 Å². The van der Waals surface area contributed by atoms with Crippen molar-refractivity contribution < 1.29 is 4.42 Å². The number of nitrogens with two attached hydrogens (primary N) is 1. The first-order valence-electron chi connectivity index (χ1n) is 5.87. The third kappa shape index (κ3) is 2.43. The van der Waals surface area contributed by atoms with Crippen molar-refractivity contribution in [1.82, 2.24) is 15.2 Å². The Kier molecular flexibility index (Phi) is 4.06. The van der Waals surface area contributed by atoms with Crippen LogP contribution in [-0.2, 0) is 19.9 Å². The Morgan fingerprint density at radius 1 is 1.61 bits per heavy atom. The van der Waals surface area contributed by atoms with E-state index in [0.29, 0.717) is 11.4 Å². The lowest BCUT2D eigenvalue weighted by molar-refractivity contribution is 0.410. The van der Waals surface area contributed by atoms with Crippen LogP contribution in [0.1, 0.15) is 30.1 Å². The number of aryl methyl sites for hydroxylation is 2. The van der Waals surface area contributed by atoms with E-state index in [1.165, 1.54) is 0 Å². The molecule has 1 atom stereocenters. The van der Waals surface area contributed by atoms with E-state index in [2.05, 4.69) is 10.5 Å². The molecule has 1 unspecified atom stereocenters. The van der Waals surface area contributed by atoms with Gasteiger partial charge in [0.25, 0.3) is 0 Å². The maximum atomic E-state index is 6.31. The molecule has 0 fully saturated rings. The average Bonchev–Trinajstić information content (AvgIpc) is 2.97. The first-order chi connectivity index (χ1) is 8.67. The Bertz CT molecular complexity index is 506. The quantitative estimate of drug-likeness (QED) is 0.643. The van der Waals surface area contributed by atoms with E-state index in [9.17, 15) is 0 Å². The minimum Gasteiger partial charge on any atom is -0.468 e. The van der Waals surface area contributed by atoms with Crippen LogP contribution in [0, 0.1) is 0 Å². The van der Waals surface area contributed by atoms with Crippen molar-refractivity contribution in [2.45, 2.75) is 25.8 Å². The second kappa shape index (κ2) is 5.56. The molecule has 98 valence electrons. The minimum atomic E-state index is -0.113. The maximum absolute atomic E-state index is 6.31. The normalized spacial score (nSPS) is 12.9. The van der Waals surface area contributed by atoms with E-state index in [1.54, 1.807) is 10.9 Å². The Morgan fingerprint density at radius 2 is 2.39 bits per heavy atom. The van der Waals surface area contributed by atoms with Gasteiger partial charge in [-0.2, -0.15) is 5.10 Å². The molecule has 2 aromatic rings. The van der Waals surface area contributed by atoms with Crippen molar-refractivity contribution in [2.24, 2.45) is 12.9 Å². The largest absolute Gasteiger partial charge is 0.468 e. The highest BCUT2D eigenvalue weighted by molar-refractivity contribution is 6.31. The molecule has 0 aliphatic heterocycles. The second-order valence-corrected chi connectivity index (χ2v) is 4.50. The minimum absolute atomic E-state index is 0.113. The highest BCUT2D eigenvalue weighted by Crippen LogP contribution is 2.26. The molecule has 0 aliphatic rings. The summed E-state index contributed by atoms with van der Waals surface area (Å²) in [7, 11) is 1.89. The van der Waals surface area contributed by atoms with E-state index in [-0.39, 0.29) is 6.04 Å². The lowest BCUT2D eigenvalue weighted by atomic mass is 10.1. The molecule has 0 amide bonds. The maximum Gasteiger partial charge on any atom is 0.122 e. The van der Waals surface area contributed by atoms with Crippen molar-refractivity contribution in [3.8, 4) is 0 Å². The predicted molar refractivity (Wildman–Crippen MR) is 70.1 cm³/mol. The van der Waals surface area contributed by atoms with Gasteiger partial charge in [0, 0.05) is 13.5 Å². The first kappa shape index (κ1) is 13.1. The fourth-order valence-electron chi connectivity index (χ4n) is 1.97. The molecule has 0 aromatic carbocycles. The molecule has 2 aromatic heterocycles. The first-order valence-corrected chi connectivity index (χ1v) is 6.25. The number of hydrazine groups is 1. The topological polar surface area (TPSA) is 69.0 Å². The van der Waals surface area contributed by atoms with E-state index in [4.69, 9.17) is 21.9 Å². The average molecular weight is 269 g/mol. The molecule has 0 bridgehead atoms. The Balaban J connectivity index is 2.25. The molecular formula is C12H17ClN4O. The standard InChI is InChI=1S/C12H17ClN4O/c1-3-8-12(13)10(17(2)16-8)7-9(15-14)11-5-4-6-18-11/h4-6,9,15H,3,7,14H2,1-2H3. The number of furan rings is 1. The second-order valence-electron chi connectivity index (χ2n) is 4.12. The summed E-state index contributed by atoms with van der Waals surface area (Å²) in [6.07, 6.45) is 3.07. The molecule has 0 spiro atoms. The summed E-state index contributed by atoms with van der Waals surface area (Å²) in [5.74, 6) is 6.35. The van der Waals surface area contributed by atoms with E-state index in [1.807, 2.05) is 26.1 Å². The van der Waals surface area contributed by atoms with Crippen LogP contribution in [0.5, 0.6) is 0 Å². The van der Waals surface area contributed by atoms with Crippen LogP contribution in [0.25, 0.3) is 0 Å². The number of hydrogen-bond acceptors (Lipinski definition) is 4. The van der Waals surface area contributed by atoms with Gasteiger partial charge in [0.15, 0.2) is 0 Å². The summed E-state index contributed by atoms with van der Waals surface area (Å²) in [5.41, 5.74) is 4.60. The Labute approximate surface area is 111 Å². The number of rotatable bonds is 5. The third-order valence-electron chi connectivity index (χ3n) is 2.99. The highest BCUT2D eigenvalue weighted by atomic mass is 35.5. The number of nitrogens with zero attached hydrogens (tertiary/aromatic N) is 2. The zero-order chi connectivity index (χ0) is 13.1. The third-order valence-corrected chi connectivity index (χ3v) is 3.42. The molecule has 2 rings (SSSR count). The van der Waals surface area contributed by atoms with Gasteiger partial charge in [0.1, 0.15) is 5.76 Å². The molecule has 5 nitrogen and oxygen atoms in total. The summed E-state index contributed by atoms with van der Waals surface area (Å²) in [6.45, 7) is 2.03. The van der Waals surface area contributed by atoms with Crippen molar-refractivity contribution in [1.29, 1.82) is 0 Å². The Morgan fingerprint density at radius 3 is 2.89 bits per heavy atom. The fraction of sp³-hybridized carbons (Fsp3) is 0.417. The zero-order valence-corrected chi connectivity index (χ0v) is 11.2. The van der Waals surface area contributed by atoms with Gasteiger partial charge < -0.3 is 4.42 Å². The van der Waals surface area contributed by atoms with Crippen molar-refractivity contribution in [2.75, 3.05) is 0 Å². The smallest absolute Gasteiger partial charge is 0.122 e. The molecule has 0 radical (unpaired) electrons. The van der Waals surface area contributed by atoms with Crippen LogP contribution in [0.4, 0.5) is 0 Å². The summed E-state index contributed by atoms with van der Waals surface area (Å²) in [6, 6.07) is 3.61. The van der Waals surface area contributed by atoms with Gasteiger partial charge in [0.05, 0.1) is 28.7 Å². The molecule has 18 heavy (non-hydrogen) atoms. The molecular weight excluding hydrogens is 252 g/mol. The molecule has 0 aliphatic carbocycles. The van der Waals surface area contributed by atoms with Crippen LogP contribution in [0.2, 0.25) is 5.02 Å². The fourth-order valence-corrected chi connectivity index (χ4v) is 2.34. The van der Waals surface area contributed by atoms with Crippen molar-refractivity contribution in [3.05, 3.63) is 40.6 Å². The van der Waals surface area contributed by atoms with Gasteiger partial charge in [-0.3, -0.25) is 10.5 Å². The SMILES string of the molecule is CCc1nn(C)c(CC(NN)c2ccco2)c1Cl. The van der Waals surface area contributed by atoms with E-state index >= 15 is 0 Å². The Hall–Kier alpha value is -1.30. The summed E-state index contributed by atoms with van der Waals surface area (Å²) >= 11 is 6.31. The van der Waals surface area contributed by atoms with Crippen LogP contribution >= 0.6 is 11.6 Å². The number of aromatic nitrogens is 2. The van der Waals surface area contributed by atoms with Gasteiger partial charge in [0.2, 0.25) is 0 Å². The van der Waals surface area contributed by atoms with Gasteiger partial charge >= 0.3 is 0 Å². The predicted octanol–water partition coefficient (Wildman–Crippen LogP) is 1.98. The van der Waals surface area contributed by atoms with Gasteiger partial charge in [-0.25, -0.2) is 5.43 Å². The highest BCUT2D eigenvalue weighted by Gasteiger charge is 2.20. The number of hydrogen-bond donors (Lipinski definition) is 2. The van der Waals surface area contributed by atoms with E-state index < -0.39 is 0 Å². The monoisotopic (exact) mass is 268 g/mol. The number of halogens is 1. The van der Waals surface area contributed by atoms with Crippen LogP contribution in [0.15, 0.2) is 22.8 Å². The molecule has 3 N–H and O–H groups in total. The summed E-state index contributed by atoms with van der Waals surface area (Å²) in [4.78, 5) is 0. The molecule has 0 saturated heterocycles. The zero-order valence-electron chi connectivity index (χ0n) is 10.5. The molecule has 2 heterocycles. The lowest BCUT2D eigenvalue weighted by Crippen LogP contribution is -2.29. The van der Waals surface area contributed by atoms with Crippen LogP contribution in [0.3, 0.4) is 0 Å². The summed E-state index contributed by atoms with van der Waals surface area (Å²) < 4.78 is 7.16. The summed E-state index contributed by atoms with van der Waals surface area (Å²) in [5, 5.41) is 5.10. The molecule has 0 saturated carbocycles. The van der Waals surface area contributed by atoms with Gasteiger partial charge in [-0.1, -0.05) is 18.5 Å². The van der Waals surface area contributed by atoms with Crippen molar-refractivity contribution in [3.63, 3.8) is 0 Å².